The molecule has 21 heavy (non-hydrogen) atoms. The fourth-order valence-corrected chi connectivity index (χ4v) is 2.28. The molecule has 0 saturated heterocycles. The van der Waals surface area contributed by atoms with Crippen molar-refractivity contribution in [1.29, 1.82) is 0 Å². The van der Waals surface area contributed by atoms with Gasteiger partial charge in [0.25, 0.3) is 5.69 Å². The van der Waals surface area contributed by atoms with Gasteiger partial charge in [-0.3, -0.25) is 10.1 Å². The lowest BCUT2D eigenvalue weighted by Crippen LogP contribution is -2.32. The standard InChI is InChI=1S/C14H17N3O4/c1-16(8-10(18)9-21-2)12-5-6-13(17(19)20)14-11(12)4-3-7-15-14/h3-7,10,18H,8-9H2,1-2H3. The largest absolute Gasteiger partial charge is 0.389 e. The van der Waals surface area contributed by atoms with E-state index in [1.807, 2.05) is 11.9 Å². The maximum absolute atomic E-state index is 11.1. The monoisotopic (exact) mass is 291 g/mol. The predicted molar refractivity (Wildman–Crippen MR) is 79.6 cm³/mol. The molecule has 0 aliphatic heterocycles. The van der Waals surface area contributed by atoms with Crippen LogP contribution < -0.4 is 4.90 Å². The summed E-state index contributed by atoms with van der Waals surface area (Å²) in [5.74, 6) is 0. The molecule has 2 rings (SSSR count). The maximum atomic E-state index is 11.1. The minimum absolute atomic E-state index is 0.0276. The molecule has 0 aliphatic carbocycles. The third-order valence-electron chi connectivity index (χ3n) is 3.18. The van der Waals surface area contributed by atoms with Gasteiger partial charge in [0.2, 0.25) is 0 Å². The van der Waals surface area contributed by atoms with Crippen LogP contribution in [0, 0.1) is 10.1 Å². The highest BCUT2D eigenvalue weighted by Gasteiger charge is 2.18. The van der Waals surface area contributed by atoms with Gasteiger partial charge in [-0.25, -0.2) is 4.98 Å². The molecule has 0 radical (unpaired) electrons. The second kappa shape index (κ2) is 6.47. The second-order valence-corrected chi connectivity index (χ2v) is 4.75. The Morgan fingerprint density at radius 3 is 2.90 bits per heavy atom. The van der Waals surface area contributed by atoms with E-state index < -0.39 is 11.0 Å². The van der Waals surface area contributed by atoms with E-state index in [9.17, 15) is 15.2 Å². The number of methoxy groups -OCH3 is 1. The molecule has 1 aromatic carbocycles. The van der Waals surface area contributed by atoms with Gasteiger partial charge in [-0.15, -0.1) is 0 Å². The Bertz CT molecular complexity index is 647. The topological polar surface area (TPSA) is 88.7 Å². The zero-order valence-corrected chi connectivity index (χ0v) is 11.9. The van der Waals surface area contributed by atoms with Gasteiger partial charge < -0.3 is 14.7 Å². The molecule has 1 N–H and O–H groups in total. The molecular formula is C14H17N3O4. The third-order valence-corrected chi connectivity index (χ3v) is 3.18. The lowest BCUT2D eigenvalue weighted by molar-refractivity contribution is -0.383. The van der Waals surface area contributed by atoms with Crippen molar-refractivity contribution >= 4 is 22.3 Å². The lowest BCUT2D eigenvalue weighted by atomic mass is 10.1. The Hall–Kier alpha value is -2.25. The van der Waals surface area contributed by atoms with Crippen LogP contribution in [-0.2, 0) is 4.74 Å². The van der Waals surface area contributed by atoms with Crippen molar-refractivity contribution in [3.05, 3.63) is 40.6 Å². The molecular weight excluding hydrogens is 274 g/mol. The molecule has 0 saturated carbocycles. The molecule has 0 bridgehead atoms. The molecule has 112 valence electrons. The molecule has 1 aromatic heterocycles. The van der Waals surface area contributed by atoms with E-state index in [4.69, 9.17) is 4.74 Å². The van der Waals surface area contributed by atoms with Gasteiger partial charge in [0.1, 0.15) is 5.52 Å². The Morgan fingerprint density at radius 2 is 2.24 bits per heavy atom. The van der Waals surface area contributed by atoms with Crippen LogP contribution in [0.5, 0.6) is 0 Å². The normalized spacial score (nSPS) is 12.3. The van der Waals surface area contributed by atoms with Crippen LogP contribution in [0.25, 0.3) is 10.9 Å². The van der Waals surface area contributed by atoms with Crippen LogP contribution in [0.2, 0.25) is 0 Å². The number of rotatable bonds is 6. The van der Waals surface area contributed by atoms with E-state index in [0.29, 0.717) is 17.4 Å². The second-order valence-electron chi connectivity index (χ2n) is 4.75. The molecule has 0 amide bonds. The fourth-order valence-electron chi connectivity index (χ4n) is 2.28. The number of fused-ring (bicyclic) bond motifs is 1. The number of benzene rings is 1. The van der Waals surface area contributed by atoms with Crippen LogP contribution in [0.4, 0.5) is 11.4 Å². The number of likely N-dealkylation sites (N-methyl/N-ethyl adjacent to an activating group) is 1. The fraction of sp³-hybridized carbons (Fsp3) is 0.357. The summed E-state index contributed by atoms with van der Waals surface area (Å²) in [4.78, 5) is 16.5. The van der Waals surface area contributed by atoms with E-state index in [-0.39, 0.29) is 12.3 Å². The van der Waals surface area contributed by atoms with Crippen molar-refractivity contribution < 1.29 is 14.8 Å². The summed E-state index contributed by atoms with van der Waals surface area (Å²) in [6.45, 7) is 0.586. The van der Waals surface area contributed by atoms with Crippen LogP contribution in [0.3, 0.4) is 0 Å². The van der Waals surface area contributed by atoms with Gasteiger partial charge in [-0.05, 0) is 18.2 Å². The Morgan fingerprint density at radius 1 is 1.48 bits per heavy atom. The molecule has 0 aliphatic rings. The third kappa shape index (κ3) is 3.26. The number of nitrogens with zero attached hydrogens (tertiary/aromatic N) is 3. The number of non-ortho nitro benzene ring substituents is 1. The van der Waals surface area contributed by atoms with Crippen molar-refractivity contribution in [2.24, 2.45) is 0 Å². The Kier molecular flexibility index (Phi) is 4.66. The van der Waals surface area contributed by atoms with Gasteiger partial charge in [0.15, 0.2) is 0 Å². The molecule has 1 unspecified atom stereocenters. The molecule has 1 heterocycles. The number of nitro groups is 1. The summed E-state index contributed by atoms with van der Waals surface area (Å²) in [5.41, 5.74) is 1.09. The van der Waals surface area contributed by atoms with Crippen LogP contribution in [0.15, 0.2) is 30.5 Å². The summed E-state index contributed by atoms with van der Waals surface area (Å²) in [6.07, 6.45) is 0.890. The van der Waals surface area contributed by atoms with E-state index in [1.54, 1.807) is 18.2 Å². The Balaban J connectivity index is 2.41. The van der Waals surface area contributed by atoms with E-state index >= 15 is 0 Å². The van der Waals surface area contributed by atoms with E-state index in [2.05, 4.69) is 4.98 Å². The number of anilines is 1. The van der Waals surface area contributed by atoms with E-state index in [1.165, 1.54) is 19.4 Å². The molecule has 2 aromatic rings. The average Bonchev–Trinajstić information content (AvgIpc) is 2.45. The number of hydrogen-bond donors (Lipinski definition) is 1. The highest BCUT2D eigenvalue weighted by atomic mass is 16.6. The number of aliphatic hydroxyl groups is 1. The number of ether oxygens (including phenoxy) is 1. The van der Waals surface area contributed by atoms with Gasteiger partial charge in [0.05, 0.1) is 17.6 Å². The number of hydrogen-bond acceptors (Lipinski definition) is 6. The highest BCUT2D eigenvalue weighted by molar-refractivity contribution is 5.97. The predicted octanol–water partition coefficient (Wildman–Crippen LogP) is 1.59. The minimum atomic E-state index is -0.637. The molecule has 7 heteroatoms. The first kappa shape index (κ1) is 15.1. The van der Waals surface area contributed by atoms with Gasteiger partial charge in [-0.2, -0.15) is 0 Å². The summed E-state index contributed by atoms with van der Waals surface area (Å²) in [7, 11) is 3.33. The average molecular weight is 291 g/mol. The molecule has 7 nitrogen and oxygen atoms in total. The quantitative estimate of drug-likeness (QED) is 0.642. The first-order valence-electron chi connectivity index (χ1n) is 6.45. The Labute approximate surface area is 121 Å². The smallest absolute Gasteiger partial charge is 0.295 e. The molecule has 0 fully saturated rings. The highest BCUT2D eigenvalue weighted by Crippen LogP contribution is 2.31. The maximum Gasteiger partial charge on any atom is 0.295 e. The van der Waals surface area contributed by atoms with Crippen molar-refractivity contribution in [2.75, 3.05) is 32.2 Å². The van der Waals surface area contributed by atoms with E-state index in [0.717, 1.165) is 5.69 Å². The van der Waals surface area contributed by atoms with Gasteiger partial charge in [0, 0.05) is 44.0 Å². The van der Waals surface area contributed by atoms with Gasteiger partial charge >= 0.3 is 0 Å². The summed E-state index contributed by atoms with van der Waals surface area (Å²) in [5, 5.41) is 21.5. The lowest BCUT2D eigenvalue weighted by Gasteiger charge is -2.23. The number of aromatic nitrogens is 1. The molecule has 1 atom stereocenters. The van der Waals surface area contributed by atoms with Gasteiger partial charge in [-0.1, -0.05) is 0 Å². The minimum Gasteiger partial charge on any atom is -0.389 e. The zero-order valence-electron chi connectivity index (χ0n) is 11.9. The van der Waals surface area contributed by atoms with Crippen LogP contribution in [0.1, 0.15) is 0 Å². The summed E-state index contributed by atoms with van der Waals surface area (Å²) in [6, 6.07) is 6.62. The number of pyridine rings is 1. The SMILES string of the molecule is COCC(O)CN(C)c1ccc([N+](=O)[O-])c2ncccc12. The summed E-state index contributed by atoms with van der Waals surface area (Å²) >= 11 is 0. The van der Waals surface area contributed by atoms with Crippen LogP contribution >= 0.6 is 0 Å². The van der Waals surface area contributed by atoms with Crippen molar-refractivity contribution in [2.45, 2.75) is 6.10 Å². The zero-order chi connectivity index (χ0) is 15.4. The first-order valence-corrected chi connectivity index (χ1v) is 6.45. The van der Waals surface area contributed by atoms with Crippen molar-refractivity contribution in [3.8, 4) is 0 Å². The van der Waals surface area contributed by atoms with Crippen molar-refractivity contribution in [1.82, 2.24) is 4.98 Å². The summed E-state index contributed by atoms with van der Waals surface area (Å²) < 4.78 is 4.90. The first-order chi connectivity index (χ1) is 10.0. The number of nitro benzene ring substituents is 1. The number of aliphatic hydroxyl groups excluding tert-OH is 1. The van der Waals surface area contributed by atoms with Crippen molar-refractivity contribution in [3.63, 3.8) is 0 Å². The van der Waals surface area contributed by atoms with Crippen LogP contribution in [-0.4, -0.2) is 48.4 Å². The molecule has 0 spiro atoms.